The minimum atomic E-state index is -0.262. The van der Waals surface area contributed by atoms with Gasteiger partial charge in [0.25, 0.3) is 0 Å². The Kier molecular flexibility index (Phi) is 4.13. The van der Waals surface area contributed by atoms with Gasteiger partial charge in [-0.05, 0) is 12.8 Å². The van der Waals surface area contributed by atoms with Crippen LogP contribution in [0.3, 0.4) is 0 Å². The van der Waals surface area contributed by atoms with Crippen molar-refractivity contribution in [2.24, 2.45) is 5.16 Å². The second-order valence-electron chi connectivity index (χ2n) is 6.58. The van der Waals surface area contributed by atoms with Crippen LogP contribution >= 0.6 is 0 Å². The maximum atomic E-state index is 6.32. The van der Waals surface area contributed by atoms with E-state index in [-0.39, 0.29) is 5.41 Å². The van der Waals surface area contributed by atoms with Crippen molar-refractivity contribution in [2.45, 2.75) is 31.1 Å². The Morgan fingerprint density at radius 3 is 2.64 bits per heavy atom. The summed E-state index contributed by atoms with van der Waals surface area (Å²) >= 11 is 0. The lowest BCUT2D eigenvalue weighted by molar-refractivity contribution is 0.0741. The van der Waals surface area contributed by atoms with E-state index in [0.29, 0.717) is 19.0 Å². The zero-order chi connectivity index (χ0) is 17.3. The van der Waals surface area contributed by atoms with Crippen molar-refractivity contribution in [3.05, 3.63) is 41.7 Å². The maximum absolute atomic E-state index is 6.32. The summed E-state index contributed by atoms with van der Waals surface area (Å²) < 4.78 is 5.06. The van der Waals surface area contributed by atoms with Gasteiger partial charge in [-0.25, -0.2) is 9.97 Å². The zero-order valence-electron chi connectivity index (χ0n) is 14.4. The molecule has 1 aromatic carbocycles. The summed E-state index contributed by atoms with van der Waals surface area (Å²) in [5.74, 6) is 0.547. The summed E-state index contributed by atoms with van der Waals surface area (Å²) in [4.78, 5) is 14.5. The van der Waals surface area contributed by atoms with Crippen LogP contribution in [0.25, 0.3) is 11.3 Å². The van der Waals surface area contributed by atoms with Crippen LogP contribution in [-0.2, 0) is 15.0 Å². The predicted octanol–water partition coefficient (Wildman–Crippen LogP) is 2.92. The summed E-state index contributed by atoms with van der Waals surface area (Å²) in [6.45, 7) is 0.930. The van der Waals surface area contributed by atoms with Crippen molar-refractivity contribution in [2.75, 3.05) is 26.1 Å². The van der Waals surface area contributed by atoms with E-state index >= 15 is 0 Å². The predicted molar refractivity (Wildman–Crippen MR) is 96.4 cm³/mol. The SMILES string of the molecule is COCCON=C1c2ccccc2-c2ncnc(N)c2C12CCCC2. The molecule has 0 amide bonds. The number of hydrogen-bond donors (Lipinski definition) is 1. The monoisotopic (exact) mass is 338 g/mol. The van der Waals surface area contributed by atoms with Crippen molar-refractivity contribution in [3.63, 3.8) is 0 Å². The van der Waals surface area contributed by atoms with Crippen LogP contribution in [0, 0.1) is 0 Å². The third-order valence-electron chi connectivity index (χ3n) is 5.24. The first-order valence-corrected chi connectivity index (χ1v) is 8.68. The summed E-state index contributed by atoms with van der Waals surface area (Å²) in [5.41, 5.74) is 11.1. The highest BCUT2D eigenvalue weighted by Crippen LogP contribution is 2.52. The molecule has 1 spiro atoms. The fraction of sp³-hybridized carbons (Fsp3) is 0.421. The van der Waals surface area contributed by atoms with Crippen LogP contribution in [0.1, 0.15) is 36.8 Å². The van der Waals surface area contributed by atoms with E-state index in [1.165, 1.54) is 0 Å². The van der Waals surface area contributed by atoms with Crippen LogP contribution in [-0.4, -0.2) is 36.0 Å². The first kappa shape index (κ1) is 16.0. The molecule has 1 aromatic heterocycles. The molecule has 0 unspecified atom stereocenters. The van der Waals surface area contributed by atoms with Crippen LogP contribution in [0.15, 0.2) is 35.7 Å². The number of aromatic nitrogens is 2. The number of ether oxygens (including phenoxy) is 1. The Balaban J connectivity index is 1.92. The van der Waals surface area contributed by atoms with Crippen molar-refractivity contribution >= 4 is 11.5 Å². The van der Waals surface area contributed by atoms with E-state index < -0.39 is 0 Å². The highest BCUT2D eigenvalue weighted by atomic mass is 16.6. The molecule has 1 fully saturated rings. The highest BCUT2D eigenvalue weighted by molar-refractivity contribution is 6.16. The summed E-state index contributed by atoms with van der Waals surface area (Å²) in [6, 6.07) is 8.20. The van der Waals surface area contributed by atoms with Gasteiger partial charge >= 0.3 is 0 Å². The normalized spacial score (nSPS) is 19.0. The molecular weight excluding hydrogens is 316 g/mol. The fourth-order valence-corrected chi connectivity index (χ4v) is 4.18. The smallest absolute Gasteiger partial charge is 0.140 e. The van der Waals surface area contributed by atoms with Gasteiger partial charge in [-0.3, -0.25) is 0 Å². The number of nitrogens with two attached hydrogens (primary N) is 1. The number of anilines is 1. The molecule has 25 heavy (non-hydrogen) atoms. The van der Waals surface area contributed by atoms with E-state index in [4.69, 9.17) is 15.3 Å². The number of nitrogen functional groups attached to an aromatic ring is 1. The lowest BCUT2D eigenvalue weighted by atomic mass is 9.66. The standard InChI is InChI=1S/C19H22N4O2/c1-24-10-11-25-23-17-14-7-3-2-6-13(14)16-15(18(20)22-12-21-16)19(17)8-4-5-9-19/h2-3,6-7,12H,4-5,8-11H2,1H3,(H2,20,21,22). The molecule has 2 aliphatic carbocycles. The van der Waals surface area contributed by atoms with E-state index in [0.717, 1.165) is 53.8 Å². The molecule has 2 aromatic rings. The molecule has 2 aliphatic rings. The number of oxime groups is 1. The number of methoxy groups -OCH3 is 1. The van der Waals surface area contributed by atoms with Gasteiger partial charge in [0.1, 0.15) is 18.8 Å². The van der Waals surface area contributed by atoms with Crippen molar-refractivity contribution in [3.8, 4) is 11.3 Å². The Morgan fingerprint density at radius 1 is 1.12 bits per heavy atom. The molecule has 130 valence electrons. The van der Waals surface area contributed by atoms with Crippen LogP contribution < -0.4 is 5.73 Å². The average Bonchev–Trinajstić information content (AvgIpc) is 3.11. The highest BCUT2D eigenvalue weighted by Gasteiger charge is 2.48. The number of benzene rings is 1. The second kappa shape index (κ2) is 6.44. The molecule has 0 bridgehead atoms. The molecule has 1 saturated carbocycles. The van der Waals surface area contributed by atoms with E-state index in [1.54, 1.807) is 13.4 Å². The first-order valence-electron chi connectivity index (χ1n) is 8.68. The van der Waals surface area contributed by atoms with E-state index in [1.807, 2.05) is 12.1 Å². The minimum absolute atomic E-state index is 0.262. The summed E-state index contributed by atoms with van der Waals surface area (Å²) in [7, 11) is 1.65. The van der Waals surface area contributed by atoms with Crippen LogP contribution in [0.5, 0.6) is 0 Å². The van der Waals surface area contributed by atoms with Crippen molar-refractivity contribution < 1.29 is 9.57 Å². The lowest BCUT2D eigenvalue weighted by Gasteiger charge is -2.37. The number of fused-ring (bicyclic) bond motifs is 4. The number of nitrogens with zero attached hydrogens (tertiary/aromatic N) is 3. The molecule has 0 radical (unpaired) electrons. The first-order chi connectivity index (χ1) is 12.3. The third kappa shape index (κ3) is 2.48. The summed E-state index contributed by atoms with van der Waals surface area (Å²) in [5, 5.41) is 4.56. The van der Waals surface area contributed by atoms with Crippen molar-refractivity contribution in [1.29, 1.82) is 0 Å². The maximum Gasteiger partial charge on any atom is 0.140 e. The summed E-state index contributed by atoms with van der Waals surface area (Å²) in [6.07, 6.45) is 5.78. The quantitative estimate of drug-likeness (QED) is 0.684. The molecule has 6 nitrogen and oxygen atoms in total. The van der Waals surface area contributed by atoms with Crippen LogP contribution in [0.2, 0.25) is 0 Å². The van der Waals surface area contributed by atoms with Gasteiger partial charge in [0.15, 0.2) is 0 Å². The topological polar surface area (TPSA) is 82.6 Å². The molecular formula is C19H22N4O2. The molecule has 1 heterocycles. The van der Waals surface area contributed by atoms with E-state index in [9.17, 15) is 0 Å². The van der Waals surface area contributed by atoms with E-state index in [2.05, 4.69) is 27.3 Å². The Morgan fingerprint density at radius 2 is 1.88 bits per heavy atom. The Hall–Kier alpha value is -2.47. The minimum Gasteiger partial charge on any atom is -0.393 e. The van der Waals surface area contributed by atoms with Crippen LogP contribution in [0.4, 0.5) is 5.82 Å². The average molecular weight is 338 g/mol. The molecule has 0 atom stereocenters. The zero-order valence-corrected chi connectivity index (χ0v) is 14.4. The van der Waals surface area contributed by atoms with Gasteiger partial charge in [-0.2, -0.15) is 0 Å². The van der Waals surface area contributed by atoms with Gasteiger partial charge in [-0.15, -0.1) is 0 Å². The van der Waals surface area contributed by atoms with Gasteiger partial charge in [0, 0.05) is 29.2 Å². The number of rotatable bonds is 4. The van der Waals surface area contributed by atoms with Gasteiger partial charge in [0.2, 0.25) is 0 Å². The van der Waals surface area contributed by atoms with Gasteiger partial charge in [0.05, 0.1) is 18.0 Å². The molecule has 4 rings (SSSR count). The Bertz CT molecular complexity index is 813. The molecule has 2 N–H and O–H groups in total. The van der Waals surface area contributed by atoms with Gasteiger partial charge < -0.3 is 15.3 Å². The van der Waals surface area contributed by atoms with Gasteiger partial charge in [-0.1, -0.05) is 42.3 Å². The molecule has 6 heteroatoms. The Labute approximate surface area is 147 Å². The lowest BCUT2D eigenvalue weighted by Crippen LogP contribution is -2.39. The fourth-order valence-electron chi connectivity index (χ4n) is 4.18. The largest absolute Gasteiger partial charge is 0.393 e. The third-order valence-corrected chi connectivity index (χ3v) is 5.24. The number of hydrogen-bond acceptors (Lipinski definition) is 6. The molecule has 0 aliphatic heterocycles. The van der Waals surface area contributed by atoms with Crippen molar-refractivity contribution in [1.82, 2.24) is 9.97 Å². The molecule has 0 saturated heterocycles. The second-order valence-corrected chi connectivity index (χ2v) is 6.58.